The highest BCUT2D eigenvalue weighted by atomic mass is 32.1. The summed E-state index contributed by atoms with van der Waals surface area (Å²) in [6, 6.07) is 19.7. The van der Waals surface area contributed by atoms with Crippen LogP contribution < -0.4 is 10.1 Å². The number of thiophene rings is 1. The summed E-state index contributed by atoms with van der Waals surface area (Å²) in [5.41, 5.74) is 0.322. The number of para-hydroxylation sites is 1. The van der Waals surface area contributed by atoms with E-state index in [1.165, 1.54) is 0 Å². The first kappa shape index (κ1) is 18.7. The molecule has 5 nitrogen and oxygen atoms in total. The molecule has 0 saturated carbocycles. The van der Waals surface area contributed by atoms with Crippen LogP contribution in [-0.4, -0.2) is 18.5 Å². The highest BCUT2D eigenvalue weighted by Gasteiger charge is 2.14. The van der Waals surface area contributed by atoms with Crippen molar-refractivity contribution in [2.45, 2.75) is 13.0 Å². The minimum absolute atomic E-state index is 0.126. The van der Waals surface area contributed by atoms with Gasteiger partial charge in [0.15, 0.2) is 6.61 Å². The number of amides is 1. The highest BCUT2D eigenvalue weighted by Crippen LogP contribution is 2.22. The molecule has 3 rings (SSSR count). The SMILES string of the molecule is C[C@H](NC(=O)COC(=O)c1cccc(Oc2ccccc2)c1)c1cccs1. The molecule has 0 radical (unpaired) electrons. The van der Waals surface area contributed by atoms with Crippen LogP contribution in [0, 0.1) is 0 Å². The smallest absolute Gasteiger partial charge is 0.338 e. The molecule has 0 aliphatic rings. The van der Waals surface area contributed by atoms with Crippen LogP contribution in [0.1, 0.15) is 28.2 Å². The van der Waals surface area contributed by atoms with Crippen molar-refractivity contribution in [2.75, 3.05) is 6.61 Å². The quantitative estimate of drug-likeness (QED) is 0.609. The van der Waals surface area contributed by atoms with Gasteiger partial charge in [-0.1, -0.05) is 30.3 Å². The van der Waals surface area contributed by atoms with Crippen molar-refractivity contribution in [2.24, 2.45) is 0 Å². The molecule has 1 aromatic heterocycles. The Bertz CT molecular complexity index is 894. The molecular formula is C21H19NO4S. The first-order chi connectivity index (χ1) is 13.1. The lowest BCUT2D eigenvalue weighted by atomic mass is 10.2. The fraction of sp³-hybridized carbons (Fsp3) is 0.143. The Kier molecular flexibility index (Phi) is 6.22. The van der Waals surface area contributed by atoms with Gasteiger partial charge < -0.3 is 14.8 Å². The van der Waals surface area contributed by atoms with Gasteiger partial charge in [-0.25, -0.2) is 4.79 Å². The molecule has 138 valence electrons. The second-order valence-electron chi connectivity index (χ2n) is 5.82. The van der Waals surface area contributed by atoms with Crippen molar-refractivity contribution < 1.29 is 19.1 Å². The Morgan fingerprint density at radius 3 is 2.52 bits per heavy atom. The van der Waals surface area contributed by atoms with E-state index in [9.17, 15) is 9.59 Å². The molecule has 0 unspecified atom stereocenters. The average molecular weight is 381 g/mol. The van der Waals surface area contributed by atoms with E-state index >= 15 is 0 Å². The van der Waals surface area contributed by atoms with Crippen molar-refractivity contribution >= 4 is 23.2 Å². The maximum Gasteiger partial charge on any atom is 0.338 e. The van der Waals surface area contributed by atoms with Gasteiger partial charge in [0.25, 0.3) is 5.91 Å². The lowest BCUT2D eigenvalue weighted by Crippen LogP contribution is -2.30. The maximum atomic E-state index is 12.2. The molecule has 0 spiro atoms. The van der Waals surface area contributed by atoms with Crippen LogP contribution in [0.25, 0.3) is 0 Å². The molecule has 0 fully saturated rings. The van der Waals surface area contributed by atoms with E-state index in [0.717, 1.165) is 4.88 Å². The third-order valence-electron chi connectivity index (χ3n) is 3.73. The van der Waals surface area contributed by atoms with Gasteiger partial charge in [-0.3, -0.25) is 4.79 Å². The summed E-state index contributed by atoms with van der Waals surface area (Å²) in [5, 5.41) is 4.75. The molecule has 27 heavy (non-hydrogen) atoms. The van der Waals surface area contributed by atoms with E-state index in [-0.39, 0.29) is 18.6 Å². The molecule has 0 aliphatic carbocycles. The molecule has 1 heterocycles. The maximum absolute atomic E-state index is 12.2. The third kappa shape index (κ3) is 5.43. The van der Waals surface area contributed by atoms with E-state index in [1.807, 2.05) is 54.8 Å². The van der Waals surface area contributed by atoms with Gasteiger partial charge in [0.1, 0.15) is 11.5 Å². The van der Waals surface area contributed by atoms with Crippen molar-refractivity contribution in [1.29, 1.82) is 0 Å². The summed E-state index contributed by atoms with van der Waals surface area (Å²) in [6.07, 6.45) is 0. The van der Waals surface area contributed by atoms with Crippen LogP contribution in [0.4, 0.5) is 0 Å². The molecule has 3 aromatic rings. The van der Waals surface area contributed by atoms with Gasteiger partial charge in [0.05, 0.1) is 11.6 Å². The minimum atomic E-state index is -0.576. The van der Waals surface area contributed by atoms with Crippen LogP contribution in [-0.2, 0) is 9.53 Å². The number of nitrogens with one attached hydrogen (secondary N) is 1. The monoisotopic (exact) mass is 381 g/mol. The summed E-state index contributed by atoms with van der Waals surface area (Å²) in [5.74, 6) is 0.268. The van der Waals surface area contributed by atoms with Crippen LogP contribution in [0.15, 0.2) is 72.1 Å². The topological polar surface area (TPSA) is 64.6 Å². The lowest BCUT2D eigenvalue weighted by molar-refractivity contribution is -0.124. The van der Waals surface area contributed by atoms with Gasteiger partial charge in [0, 0.05) is 4.88 Å². The molecular weight excluding hydrogens is 362 g/mol. The van der Waals surface area contributed by atoms with Crippen molar-refractivity contribution in [1.82, 2.24) is 5.32 Å². The fourth-order valence-corrected chi connectivity index (χ4v) is 3.15. The number of carbonyl (C=O) groups excluding carboxylic acids is 2. The minimum Gasteiger partial charge on any atom is -0.457 e. The Balaban J connectivity index is 1.53. The summed E-state index contributed by atoms with van der Waals surface area (Å²) in [7, 11) is 0. The number of hydrogen-bond acceptors (Lipinski definition) is 5. The summed E-state index contributed by atoms with van der Waals surface area (Å²) < 4.78 is 10.8. The zero-order valence-electron chi connectivity index (χ0n) is 14.8. The first-order valence-corrected chi connectivity index (χ1v) is 9.32. The zero-order valence-corrected chi connectivity index (χ0v) is 15.6. The predicted octanol–water partition coefficient (Wildman–Crippen LogP) is 4.57. The van der Waals surface area contributed by atoms with Crippen molar-refractivity contribution in [3.8, 4) is 11.5 Å². The van der Waals surface area contributed by atoms with E-state index in [0.29, 0.717) is 17.1 Å². The predicted molar refractivity (Wildman–Crippen MR) is 104 cm³/mol. The zero-order chi connectivity index (χ0) is 19.1. The van der Waals surface area contributed by atoms with Gasteiger partial charge in [-0.2, -0.15) is 0 Å². The molecule has 2 aromatic carbocycles. The number of hydrogen-bond donors (Lipinski definition) is 1. The van der Waals surface area contributed by atoms with Gasteiger partial charge in [-0.05, 0) is 48.7 Å². The number of ether oxygens (including phenoxy) is 2. The van der Waals surface area contributed by atoms with Crippen LogP contribution >= 0.6 is 11.3 Å². The second kappa shape index (κ2) is 9.00. The normalized spacial score (nSPS) is 11.4. The van der Waals surface area contributed by atoms with Gasteiger partial charge >= 0.3 is 5.97 Å². The molecule has 0 bridgehead atoms. The molecule has 1 atom stereocenters. The Morgan fingerprint density at radius 2 is 1.78 bits per heavy atom. The number of benzene rings is 2. The van der Waals surface area contributed by atoms with Crippen LogP contribution in [0.5, 0.6) is 11.5 Å². The van der Waals surface area contributed by atoms with Crippen molar-refractivity contribution in [3.05, 3.63) is 82.6 Å². The molecule has 0 aliphatic heterocycles. The van der Waals surface area contributed by atoms with E-state index < -0.39 is 5.97 Å². The van der Waals surface area contributed by atoms with Crippen molar-refractivity contribution in [3.63, 3.8) is 0 Å². The first-order valence-electron chi connectivity index (χ1n) is 8.44. The van der Waals surface area contributed by atoms with E-state index in [1.54, 1.807) is 35.6 Å². The lowest BCUT2D eigenvalue weighted by Gasteiger charge is -2.12. The summed E-state index contributed by atoms with van der Waals surface area (Å²) in [4.78, 5) is 25.2. The highest BCUT2D eigenvalue weighted by molar-refractivity contribution is 7.10. The molecule has 6 heteroatoms. The largest absolute Gasteiger partial charge is 0.457 e. The van der Waals surface area contributed by atoms with E-state index in [4.69, 9.17) is 9.47 Å². The summed E-state index contributed by atoms with van der Waals surface area (Å²) in [6.45, 7) is 1.55. The van der Waals surface area contributed by atoms with Gasteiger partial charge in [0.2, 0.25) is 0 Å². The Hall–Kier alpha value is -3.12. The molecule has 1 amide bonds. The second-order valence-corrected chi connectivity index (χ2v) is 6.80. The Labute approximate surface area is 161 Å². The summed E-state index contributed by atoms with van der Waals surface area (Å²) >= 11 is 1.56. The number of rotatable bonds is 7. The van der Waals surface area contributed by atoms with Gasteiger partial charge in [-0.15, -0.1) is 11.3 Å². The standard InChI is InChI=1S/C21H19NO4S/c1-15(19-11-6-12-27-19)22-20(23)14-25-21(24)16-7-5-10-18(13-16)26-17-8-3-2-4-9-17/h2-13,15H,14H2,1H3,(H,22,23)/t15-/m0/s1. The third-order valence-corrected chi connectivity index (χ3v) is 4.79. The van der Waals surface area contributed by atoms with Crippen LogP contribution in [0.2, 0.25) is 0 Å². The van der Waals surface area contributed by atoms with Crippen LogP contribution in [0.3, 0.4) is 0 Å². The number of carbonyl (C=O) groups is 2. The number of esters is 1. The fourth-order valence-electron chi connectivity index (χ4n) is 2.42. The molecule has 0 saturated heterocycles. The van der Waals surface area contributed by atoms with E-state index in [2.05, 4.69) is 5.32 Å². The average Bonchev–Trinajstić information content (AvgIpc) is 3.22. The molecule has 1 N–H and O–H groups in total. The Morgan fingerprint density at radius 1 is 1.00 bits per heavy atom.